The highest BCUT2D eigenvalue weighted by molar-refractivity contribution is 6.30. The summed E-state index contributed by atoms with van der Waals surface area (Å²) in [6, 6.07) is 12.3. The van der Waals surface area contributed by atoms with Crippen molar-refractivity contribution in [3.8, 4) is 5.75 Å². The summed E-state index contributed by atoms with van der Waals surface area (Å²) in [6.45, 7) is 1.77. The van der Waals surface area contributed by atoms with E-state index in [1.54, 1.807) is 49.5 Å². The lowest BCUT2D eigenvalue weighted by Gasteiger charge is -2.10. The maximum Gasteiger partial charge on any atom is 0.262 e. The fourth-order valence-corrected chi connectivity index (χ4v) is 2.32. The van der Waals surface area contributed by atoms with Gasteiger partial charge in [-0.15, -0.1) is 0 Å². The second-order valence-electron chi connectivity index (χ2n) is 5.29. The average molecular weight is 347 g/mol. The van der Waals surface area contributed by atoms with Crippen LogP contribution in [-0.4, -0.2) is 25.5 Å². The van der Waals surface area contributed by atoms with E-state index in [1.807, 2.05) is 6.92 Å². The van der Waals surface area contributed by atoms with E-state index in [1.165, 1.54) is 0 Å². The molecule has 2 aromatic carbocycles. The number of benzene rings is 2. The van der Waals surface area contributed by atoms with Gasteiger partial charge in [-0.05, 0) is 48.4 Å². The van der Waals surface area contributed by atoms with E-state index in [2.05, 4.69) is 10.6 Å². The molecule has 0 saturated carbocycles. The molecule has 126 valence electrons. The van der Waals surface area contributed by atoms with Gasteiger partial charge < -0.3 is 15.4 Å². The topological polar surface area (TPSA) is 67.4 Å². The quantitative estimate of drug-likeness (QED) is 0.845. The number of carbonyl (C=O) groups is 2. The van der Waals surface area contributed by atoms with Crippen LogP contribution in [0, 0.1) is 6.92 Å². The molecule has 0 radical (unpaired) electrons. The molecule has 0 unspecified atom stereocenters. The Hall–Kier alpha value is -2.53. The third-order valence-electron chi connectivity index (χ3n) is 3.38. The predicted octanol–water partition coefficient (Wildman–Crippen LogP) is 2.95. The monoisotopic (exact) mass is 346 g/mol. The lowest BCUT2D eigenvalue weighted by molar-refractivity contribution is -0.120. The zero-order valence-corrected chi connectivity index (χ0v) is 14.3. The van der Waals surface area contributed by atoms with E-state index in [0.29, 0.717) is 22.9 Å². The van der Waals surface area contributed by atoms with E-state index in [0.717, 1.165) is 11.1 Å². The molecule has 2 amide bonds. The molecule has 6 heteroatoms. The minimum absolute atomic E-state index is 0.0569. The Bertz CT molecular complexity index is 730. The van der Waals surface area contributed by atoms with Gasteiger partial charge in [-0.2, -0.15) is 0 Å². The molecule has 0 heterocycles. The van der Waals surface area contributed by atoms with Crippen molar-refractivity contribution in [3.05, 3.63) is 58.6 Å². The first-order valence-electron chi connectivity index (χ1n) is 7.46. The highest BCUT2D eigenvalue weighted by Crippen LogP contribution is 2.21. The van der Waals surface area contributed by atoms with E-state index in [4.69, 9.17) is 16.3 Å². The van der Waals surface area contributed by atoms with Crippen molar-refractivity contribution < 1.29 is 14.3 Å². The maximum absolute atomic E-state index is 11.9. The van der Waals surface area contributed by atoms with Crippen molar-refractivity contribution in [1.29, 1.82) is 0 Å². The van der Waals surface area contributed by atoms with Crippen molar-refractivity contribution in [3.63, 3.8) is 0 Å². The zero-order chi connectivity index (χ0) is 17.5. The molecule has 0 aliphatic rings. The van der Waals surface area contributed by atoms with Crippen LogP contribution in [0.5, 0.6) is 5.75 Å². The molecule has 0 saturated heterocycles. The van der Waals surface area contributed by atoms with Crippen LogP contribution in [-0.2, 0) is 16.0 Å². The Morgan fingerprint density at radius 3 is 2.42 bits per heavy atom. The number of rotatable bonds is 6. The Balaban J connectivity index is 1.86. The number of nitrogens with one attached hydrogen (secondary N) is 2. The molecule has 0 fully saturated rings. The smallest absolute Gasteiger partial charge is 0.262 e. The summed E-state index contributed by atoms with van der Waals surface area (Å²) in [6.07, 6.45) is 0.309. The van der Waals surface area contributed by atoms with Gasteiger partial charge in [0, 0.05) is 17.8 Å². The number of hydrogen-bond donors (Lipinski definition) is 2. The third-order valence-corrected chi connectivity index (χ3v) is 3.61. The first-order chi connectivity index (χ1) is 11.5. The summed E-state index contributed by atoms with van der Waals surface area (Å²) in [7, 11) is 1.60. The van der Waals surface area contributed by atoms with Crippen LogP contribution >= 0.6 is 11.6 Å². The predicted molar refractivity (Wildman–Crippen MR) is 94.5 cm³/mol. The van der Waals surface area contributed by atoms with Gasteiger partial charge in [-0.1, -0.05) is 23.7 Å². The van der Waals surface area contributed by atoms with Crippen LogP contribution in [0.25, 0.3) is 0 Å². The molecule has 0 bridgehead atoms. The molecule has 0 atom stereocenters. The molecule has 0 aromatic heterocycles. The normalized spacial score (nSPS) is 10.1. The lowest BCUT2D eigenvalue weighted by atomic mass is 10.1. The summed E-state index contributed by atoms with van der Waals surface area (Å²) in [5, 5.41) is 5.94. The van der Waals surface area contributed by atoms with Crippen LogP contribution in [0.1, 0.15) is 11.1 Å². The number of ether oxygens (including phenoxy) is 1. The number of anilines is 1. The lowest BCUT2D eigenvalue weighted by Crippen LogP contribution is -2.21. The molecule has 2 N–H and O–H groups in total. The van der Waals surface area contributed by atoms with E-state index < -0.39 is 0 Å². The largest absolute Gasteiger partial charge is 0.483 e. The van der Waals surface area contributed by atoms with Gasteiger partial charge in [0.25, 0.3) is 5.91 Å². The van der Waals surface area contributed by atoms with Gasteiger partial charge in [0.2, 0.25) is 5.91 Å². The van der Waals surface area contributed by atoms with Gasteiger partial charge in [-0.25, -0.2) is 0 Å². The van der Waals surface area contributed by atoms with Crippen molar-refractivity contribution in [1.82, 2.24) is 5.32 Å². The fourth-order valence-electron chi connectivity index (χ4n) is 2.09. The number of carbonyl (C=O) groups excluding carboxylic acids is 2. The molecular weight excluding hydrogens is 328 g/mol. The fraction of sp³-hybridized carbons (Fsp3) is 0.222. The Kier molecular flexibility index (Phi) is 6.21. The SMILES string of the molecule is CNC(=O)Cc1ccc(NC(=O)COc2ccc(Cl)cc2C)cc1. The van der Waals surface area contributed by atoms with E-state index in [9.17, 15) is 9.59 Å². The minimum Gasteiger partial charge on any atom is -0.483 e. The standard InChI is InChI=1S/C18H19ClN2O3/c1-12-9-14(19)5-8-16(12)24-11-18(23)21-15-6-3-13(4-7-15)10-17(22)20-2/h3-9H,10-11H2,1-2H3,(H,20,22)(H,21,23). The molecule has 0 aliphatic heterocycles. The number of hydrogen-bond acceptors (Lipinski definition) is 3. The van der Waals surface area contributed by atoms with Crippen LogP contribution in [0.4, 0.5) is 5.69 Å². The molecule has 0 spiro atoms. The van der Waals surface area contributed by atoms with Crippen molar-refractivity contribution >= 4 is 29.1 Å². The van der Waals surface area contributed by atoms with E-state index >= 15 is 0 Å². The van der Waals surface area contributed by atoms with Crippen molar-refractivity contribution in [2.24, 2.45) is 0 Å². The maximum atomic E-state index is 11.9. The van der Waals surface area contributed by atoms with Gasteiger partial charge in [0.05, 0.1) is 6.42 Å². The number of likely N-dealkylation sites (N-methyl/N-ethyl adjacent to an activating group) is 1. The molecule has 24 heavy (non-hydrogen) atoms. The highest BCUT2D eigenvalue weighted by atomic mass is 35.5. The molecule has 0 aliphatic carbocycles. The minimum atomic E-state index is -0.261. The van der Waals surface area contributed by atoms with Crippen LogP contribution in [0.15, 0.2) is 42.5 Å². The highest BCUT2D eigenvalue weighted by Gasteiger charge is 2.07. The second kappa shape index (κ2) is 8.36. The van der Waals surface area contributed by atoms with Gasteiger partial charge in [0.1, 0.15) is 5.75 Å². The first-order valence-corrected chi connectivity index (χ1v) is 7.84. The van der Waals surface area contributed by atoms with Crippen molar-refractivity contribution in [2.75, 3.05) is 19.0 Å². The van der Waals surface area contributed by atoms with Gasteiger partial charge >= 0.3 is 0 Å². The Morgan fingerprint density at radius 2 is 1.79 bits per heavy atom. The summed E-state index contributed by atoms with van der Waals surface area (Å²) in [5.74, 6) is 0.303. The average Bonchev–Trinajstić information content (AvgIpc) is 2.55. The van der Waals surface area contributed by atoms with Crippen LogP contribution in [0.3, 0.4) is 0 Å². The summed E-state index contributed by atoms with van der Waals surface area (Å²) in [4.78, 5) is 23.3. The Morgan fingerprint density at radius 1 is 1.08 bits per heavy atom. The van der Waals surface area contributed by atoms with Crippen molar-refractivity contribution in [2.45, 2.75) is 13.3 Å². The van der Waals surface area contributed by atoms with Crippen LogP contribution in [0.2, 0.25) is 5.02 Å². The summed E-state index contributed by atoms with van der Waals surface area (Å²) in [5.41, 5.74) is 2.39. The third kappa shape index (κ3) is 5.28. The summed E-state index contributed by atoms with van der Waals surface area (Å²) >= 11 is 5.88. The molecule has 2 aromatic rings. The first kappa shape index (κ1) is 17.8. The Labute approximate surface area is 146 Å². The molecule has 2 rings (SSSR count). The van der Waals surface area contributed by atoms with Gasteiger partial charge in [-0.3, -0.25) is 9.59 Å². The molecular formula is C18H19ClN2O3. The zero-order valence-electron chi connectivity index (χ0n) is 13.6. The van der Waals surface area contributed by atoms with Gasteiger partial charge in [0.15, 0.2) is 6.61 Å². The number of halogens is 1. The van der Waals surface area contributed by atoms with Crippen LogP contribution < -0.4 is 15.4 Å². The summed E-state index contributed by atoms with van der Waals surface area (Å²) < 4.78 is 5.49. The second-order valence-corrected chi connectivity index (χ2v) is 5.73. The van der Waals surface area contributed by atoms with E-state index in [-0.39, 0.29) is 18.4 Å². The number of aryl methyl sites for hydroxylation is 1. The molecule has 5 nitrogen and oxygen atoms in total. The number of amides is 2.